The minimum atomic E-state index is -0.185. The Labute approximate surface area is 123 Å². The van der Waals surface area contributed by atoms with Crippen molar-refractivity contribution in [2.75, 3.05) is 10.6 Å². The zero-order valence-electron chi connectivity index (χ0n) is 11.9. The van der Waals surface area contributed by atoms with Gasteiger partial charge in [0.2, 0.25) is 5.91 Å². The highest BCUT2D eigenvalue weighted by molar-refractivity contribution is 6.06. The minimum absolute atomic E-state index is 0.00706. The standard InChI is InChI=1S/C17H16N2O2/c1-10-5-3-4-6-13(10)17(21)18-12-7-8-15-14(9-12)11(2)16(20)19-15/h3-9,11H,1-2H3,(H,18,21)(H,19,20). The molecule has 0 radical (unpaired) electrons. The van der Waals surface area contributed by atoms with Crippen molar-refractivity contribution in [3.63, 3.8) is 0 Å². The van der Waals surface area contributed by atoms with Gasteiger partial charge in [-0.05, 0) is 49.2 Å². The van der Waals surface area contributed by atoms with E-state index in [0.717, 1.165) is 16.8 Å². The lowest BCUT2D eigenvalue weighted by molar-refractivity contribution is -0.116. The molecule has 0 spiro atoms. The van der Waals surface area contributed by atoms with E-state index in [1.165, 1.54) is 0 Å². The molecule has 2 aromatic carbocycles. The number of rotatable bonds is 2. The molecule has 0 saturated heterocycles. The number of carbonyl (C=O) groups is 2. The van der Waals surface area contributed by atoms with Crippen LogP contribution in [0.1, 0.15) is 34.3 Å². The highest BCUT2D eigenvalue weighted by atomic mass is 16.2. The van der Waals surface area contributed by atoms with Gasteiger partial charge in [0.1, 0.15) is 0 Å². The quantitative estimate of drug-likeness (QED) is 0.886. The van der Waals surface area contributed by atoms with Gasteiger partial charge >= 0.3 is 0 Å². The summed E-state index contributed by atoms with van der Waals surface area (Å²) in [6, 6.07) is 12.9. The molecule has 1 unspecified atom stereocenters. The van der Waals surface area contributed by atoms with Crippen LogP contribution in [0.5, 0.6) is 0 Å². The lowest BCUT2D eigenvalue weighted by Gasteiger charge is -2.09. The number of hydrogen-bond acceptors (Lipinski definition) is 2. The SMILES string of the molecule is Cc1ccccc1C(=O)Nc1ccc2c(c1)C(C)C(=O)N2. The van der Waals surface area contributed by atoms with Gasteiger partial charge in [0.05, 0.1) is 5.92 Å². The summed E-state index contributed by atoms with van der Waals surface area (Å²) in [5.41, 5.74) is 4.02. The van der Waals surface area contributed by atoms with E-state index >= 15 is 0 Å². The second-order valence-electron chi connectivity index (χ2n) is 5.28. The summed E-state index contributed by atoms with van der Waals surface area (Å²) in [5.74, 6) is -0.333. The number of aryl methyl sites for hydroxylation is 1. The van der Waals surface area contributed by atoms with E-state index in [9.17, 15) is 9.59 Å². The maximum atomic E-state index is 12.3. The molecule has 0 aromatic heterocycles. The Morgan fingerprint density at radius 3 is 2.71 bits per heavy atom. The fourth-order valence-electron chi connectivity index (χ4n) is 2.52. The molecule has 1 atom stereocenters. The number of fused-ring (bicyclic) bond motifs is 1. The topological polar surface area (TPSA) is 58.2 Å². The first-order valence-corrected chi connectivity index (χ1v) is 6.88. The maximum Gasteiger partial charge on any atom is 0.255 e. The lowest BCUT2D eigenvalue weighted by Crippen LogP contribution is -2.13. The fraction of sp³-hybridized carbons (Fsp3) is 0.176. The predicted molar refractivity (Wildman–Crippen MR) is 82.6 cm³/mol. The van der Waals surface area contributed by atoms with E-state index in [2.05, 4.69) is 10.6 Å². The normalized spacial score (nSPS) is 16.3. The van der Waals surface area contributed by atoms with Crippen molar-refractivity contribution in [3.8, 4) is 0 Å². The largest absolute Gasteiger partial charge is 0.325 e. The molecule has 0 aliphatic carbocycles. The van der Waals surface area contributed by atoms with Crippen LogP contribution in [-0.2, 0) is 4.79 Å². The lowest BCUT2D eigenvalue weighted by atomic mass is 10.0. The third-order valence-corrected chi connectivity index (χ3v) is 3.82. The molecule has 0 bridgehead atoms. The van der Waals surface area contributed by atoms with E-state index in [1.54, 1.807) is 12.1 Å². The van der Waals surface area contributed by atoms with Crippen LogP contribution in [0.25, 0.3) is 0 Å². The van der Waals surface area contributed by atoms with Crippen molar-refractivity contribution in [2.45, 2.75) is 19.8 Å². The average molecular weight is 280 g/mol. The molecule has 4 nitrogen and oxygen atoms in total. The van der Waals surface area contributed by atoms with Crippen LogP contribution < -0.4 is 10.6 Å². The van der Waals surface area contributed by atoms with E-state index in [1.807, 2.05) is 44.2 Å². The van der Waals surface area contributed by atoms with Crippen molar-refractivity contribution < 1.29 is 9.59 Å². The summed E-state index contributed by atoms with van der Waals surface area (Å²) in [7, 11) is 0. The molecule has 3 rings (SSSR count). The molecule has 2 aromatic rings. The number of nitrogens with one attached hydrogen (secondary N) is 2. The van der Waals surface area contributed by atoms with Gasteiger partial charge in [-0.2, -0.15) is 0 Å². The second-order valence-corrected chi connectivity index (χ2v) is 5.28. The van der Waals surface area contributed by atoms with Gasteiger partial charge in [-0.3, -0.25) is 9.59 Å². The highest BCUT2D eigenvalue weighted by Gasteiger charge is 2.26. The van der Waals surface area contributed by atoms with Crippen LogP contribution in [0.3, 0.4) is 0 Å². The Bertz CT molecular complexity index is 737. The molecular weight excluding hydrogens is 264 g/mol. The van der Waals surface area contributed by atoms with Crippen LogP contribution in [0.2, 0.25) is 0 Å². The van der Waals surface area contributed by atoms with Gasteiger partial charge in [0.25, 0.3) is 5.91 Å². The van der Waals surface area contributed by atoms with Crippen LogP contribution in [-0.4, -0.2) is 11.8 Å². The number of amides is 2. The molecule has 1 heterocycles. The Morgan fingerprint density at radius 2 is 1.95 bits per heavy atom. The predicted octanol–water partition coefficient (Wildman–Crippen LogP) is 3.30. The zero-order chi connectivity index (χ0) is 15.0. The first kappa shape index (κ1) is 13.4. The third kappa shape index (κ3) is 2.40. The number of benzene rings is 2. The molecule has 0 fully saturated rings. The smallest absolute Gasteiger partial charge is 0.255 e. The van der Waals surface area contributed by atoms with Crippen molar-refractivity contribution in [2.24, 2.45) is 0 Å². The van der Waals surface area contributed by atoms with E-state index in [4.69, 9.17) is 0 Å². The van der Waals surface area contributed by atoms with Gasteiger partial charge in [0, 0.05) is 16.9 Å². The van der Waals surface area contributed by atoms with Crippen molar-refractivity contribution >= 4 is 23.2 Å². The molecule has 1 aliphatic heterocycles. The maximum absolute atomic E-state index is 12.3. The minimum Gasteiger partial charge on any atom is -0.325 e. The molecule has 0 saturated carbocycles. The van der Waals surface area contributed by atoms with Gasteiger partial charge in [-0.1, -0.05) is 18.2 Å². The van der Waals surface area contributed by atoms with Gasteiger partial charge in [0.15, 0.2) is 0 Å². The average Bonchev–Trinajstić information content (AvgIpc) is 2.75. The number of carbonyl (C=O) groups excluding carboxylic acids is 2. The van der Waals surface area contributed by atoms with Gasteiger partial charge in [-0.25, -0.2) is 0 Å². The van der Waals surface area contributed by atoms with Crippen molar-refractivity contribution in [1.29, 1.82) is 0 Å². The molecule has 2 N–H and O–H groups in total. The first-order valence-electron chi connectivity index (χ1n) is 6.88. The molecule has 4 heteroatoms. The van der Waals surface area contributed by atoms with Gasteiger partial charge in [-0.15, -0.1) is 0 Å². The van der Waals surface area contributed by atoms with Crippen LogP contribution >= 0.6 is 0 Å². The molecule has 1 aliphatic rings. The van der Waals surface area contributed by atoms with Gasteiger partial charge < -0.3 is 10.6 Å². The summed E-state index contributed by atoms with van der Waals surface area (Å²) in [4.78, 5) is 23.9. The molecule has 21 heavy (non-hydrogen) atoms. The monoisotopic (exact) mass is 280 g/mol. The Kier molecular flexibility index (Phi) is 3.22. The number of anilines is 2. The zero-order valence-corrected chi connectivity index (χ0v) is 11.9. The van der Waals surface area contributed by atoms with Crippen molar-refractivity contribution in [3.05, 3.63) is 59.2 Å². The summed E-state index contributed by atoms with van der Waals surface area (Å²) in [6.45, 7) is 3.76. The summed E-state index contributed by atoms with van der Waals surface area (Å²) < 4.78 is 0. The highest BCUT2D eigenvalue weighted by Crippen LogP contribution is 2.34. The fourth-order valence-corrected chi connectivity index (χ4v) is 2.52. The molecule has 2 amide bonds. The Morgan fingerprint density at radius 1 is 1.19 bits per heavy atom. The molecular formula is C17H16N2O2. The van der Waals surface area contributed by atoms with Crippen molar-refractivity contribution in [1.82, 2.24) is 0 Å². The summed E-state index contributed by atoms with van der Waals surface area (Å²) in [6.07, 6.45) is 0. The Hall–Kier alpha value is -2.62. The first-order chi connectivity index (χ1) is 10.1. The van der Waals surface area contributed by atoms with Crippen LogP contribution in [0.15, 0.2) is 42.5 Å². The molecule has 106 valence electrons. The van der Waals surface area contributed by atoms with Crippen LogP contribution in [0, 0.1) is 6.92 Å². The van der Waals surface area contributed by atoms with E-state index in [0.29, 0.717) is 11.3 Å². The third-order valence-electron chi connectivity index (χ3n) is 3.82. The summed E-state index contributed by atoms with van der Waals surface area (Å²) in [5, 5.41) is 5.70. The number of hydrogen-bond donors (Lipinski definition) is 2. The van der Waals surface area contributed by atoms with E-state index in [-0.39, 0.29) is 17.7 Å². The second kappa shape index (κ2) is 5.05. The Balaban J connectivity index is 1.85. The summed E-state index contributed by atoms with van der Waals surface area (Å²) >= 11 is 0. The van der Waals surface area contributed by atoms with E-state index < -0.39 is 0 Å². The van der Waals surface area contributed by atoms with Crippen LogP contribution in [0.4, 0.5) is 11.4 Å².